The molecule has 26 heavy (non-hydrogen) atoms. The van der Waals surface area contributed by atoms with E-state index in [9.17, 15) is 4.39 Å². The van der Waals surface area contributed by atoms with E-state index in [1.807, 2.05) is 18.2 Å². The average molecular weight is 354 g/mol. The second-order valence-corrected chi connectivity index (χ2v) is 5.58. The summed E-state index contributed by atoms with van der Waals surface area (Å²) >= 11 is 0. The first-order chi connectivity index (χ1) is 12.6. The van der Waals surface area contributed by atoms with Crippen molar-refractivity contribution in [3.8, 4) is 39.5 Å². The number of aromatic nitrogens is 1. The molecular weight excluding hydrogens is 335 g/mol. The van der Waals surface area contributed by atoms with Crippen LogP contribution in [-0.4, -0.2) is 26.3 Å². The lowest BCUT2D eigenvalue weighted by atomic mass is 10.0. The van der Waals surface area contributed by atoms with Crippen LogP contribution in [0.15, 0.2) is 48.7 Å². The van der Waals surface area contributed by atoms with Gasteiger partial charge in [-0.1, -0.05) is 12.1 Å². The molecule has 134 valence electrons. The van der Waals surface area contributed by atoms with Crippen molar-refractivity contribution in [1.82, 2.24) is 4.98 Å². The summed E-state index contributed by atoms with van der Waals surface area (Å²) in [6.45, 7) is 0. The Morgan fingerprint density at radius 3 is 1.96 bits per heavy atom. The van der Waals surface area contributed by atoms with Gasteiger partial charge in [-0.25, -0.2) is 9.37 Å². The highest BCUT2D eigenvalue weighted by Crippen LogP contribution is 2.42. The number of nitrogens with two attached hydrogens (primary N) is 1. The van der Waals surface area contributed by atoms with Gasteiger partial charge < -0.3 is 19.9 Å². The first kappa shape index (κ1) is 17.5. The molecule has 0 amide bonds. The number of benzene rings is 2. The van der Waals surface area contributed by atoms with Crippen molar-refractivity contribution < 1.29 is 18.6 Å². The lowest BCUT2D eigenvalue weighted by Crippen LogP contribution is -1.98. The summed E-state index contributed by atoms with van der Waals surface area (Å²) in [5.41, 5.74) is 9.24. The molecule has 0 unspecified atom stereocenters. The Hall–Kier alpha value is -3.28. The molecule has 1 heterocycles. The van der Waals surface area contributed by atoms with E-state index in [1.54, 1.807) is 39.7 Å². The van der Waals surface area contributed by atoms with Gasteiger partial charge in [0.05, 0.1) is 21.3 Å². The first-order valence-corrected chi connectivity index (χ1v) is 7.89. The van der Waals surface area contributed by atoms with Crippen LogP contribution >= 0.6 is 0 Å². The summed E-state index contributed by atoms with van der Waals surface area (Å²) < 4.78 is 29.3. The predicted molar refractivity (Wildman–Crippen MR) is 99.1 cm³/mol. The highest BCUT2D eigenvalue weighted by Gasteiger charge is 2.16. The van der Waals surface area contributed by atoms with E-state index < -0.39 is 0 Å². The van der Waals surface area contributed by atoms with E-state index in [2.05, 4.69) is 4.98 Å². The van der Waals surface area contributed by atoms with E-state index in [-0.39, 0.29) is 5.82 Å². The van der Waals surface area contributed by atoms with Crippen molar-refractivity contribution in [2.45, 2.75) is 0 Å². The predicted octanol–water partition coefficient (Wildman–Crippen LogP) is 4.16. The third-order valence-electron chi connectivity index (χ3n) is 4.07. The number of pyridine rings is 1. The lowest BCUT2D eigenvalue weighted by Gasteiger charge is -2.15. The maximum atomic E-state index is 13.2. The van der Waals surface area contributed by atoms with Crippen molar-refractivity contribution >= 4 is 5.82 Å². The van der Waals surface area contributed by atoms with E-state index >= 15 is 0 Å². The highest BCUT2D eigenvalue weighted by atomic mass is 19.1. The van der Waals surface area contributed by atoms with Gasteiger partial charge in [0, 0.05) is 17.3 Å². The van der Waals surface area contributed by atoms with Crippen LogP contribution in [-0.2, 0) is 0 Å². The summed E-state index contributed by atoms with van der Waals surface area (Å²) in [6.07, 6.45) is 1.66. The third-order valence-corrected chi connectivity index (χ3v) is 4.07. The molecule has 0 saturated heterocycles. The monoisotopic (exact) mass is 354 g/mol. The fourth-order valence-electron chi connectivity index (χ4n) is 2.74. The topological polar surface area (TPSA) is 66.6 Å². The summed E-state index contributed by atoms with van der Waals surface area (Å²) in [5.74, 6) is 1.62. The maximum Gasteiger partial charge on any atom is 0.203 e. The average Bonchev–Trinajstić information content (AvgIpc) is 2.67. The number of hydrogen-bond acceptors (Lipinski definition) is 5. The molecule has 0 spiro atoms. The van der Waals surface area contributed by atoms with Gasteiger partial charge in [-0.15, -0.1) is 0 Å². The molecule has 2 aromatic carbocycles. The Morgan fingerprint density at radius 1 is 0.808 bits per heavy atom. The Labute approximate surface area is 151 Å². The number of nitrogen functional groups attached to an aromatic ring is 1. The van der Waals surface area contributed by atoms with Gasteiger partial charge in [0.2, 0.25) is 5.75 Å². The van der Waals surface area contributed by atoms with E-state index in [4.69, 9.17) is 19.9 Å². The van der Waals surface area contributed by atoms with Gasteiger partial charge in [0.15, 0.2) is 11.5 Å². The number of hydrogen-bond donors (Lipinski definition) is 1. The first-order valence-electron chi connectivity index (χ1n) is 7.89. The number of halogens is 1. The summed E-state index contributed by atoms with van der Waals surface area (Å²) in [7, 11) is 4.65. The summed E-state index contributed by atoms with van der Waals surface area (Å²) in [5, 5.41) is 0. The Bertz CT molecular complexity index is 902. The lowest BCUT2D eigenvalue weighted by molar-refractivity contribution is 0.324. The fourth-order valence-corrected chi connectivity index (χ4v) is 2.74. The van der Waals surface area contributed by atoms with Gasteiger partial charge in [0.1, 0.15) is 11.6 Å². The van der Waals surface area contributed by atoms with Crippen molar-refractivity contribution in [2.24, 2.45) is 0 Å². The van der Waals surface area contributed by atoms with Gasteiger partial charge >= 0.3 is 0 Å². The minimum Gasteiger partial charge on any atom is -0.493 e. The van der Waals surface area contributed by atoms with Crippen LogP contribution in [0.3, 0.4) is 0 Å². The molecule has 1 aromatic heterocycles. The molecular formula is C20H19FN2O3. The van der Waals surface area contributed by atoms with Crippen molar-refractivity contribution in [1.29, 1.82) is 0 Å². The number of rotatable bonds is 5. The molecule has 5 nitrogen and oxygen atoms in total. The largest absolute Gasteiger partial charge is 0.493 e. The molecule has 3 aromatic rings. The van der Waals surface area contributed by atoms with Crippen molar-refractivity contribution in [2.75, 3.05) is 27.1 Å². The van der Waals surface area contributed by atoms with Gasteiger partial charge in [-0.3, -0.25) is 0 Å². The zero-order valence-corrected chi connectivity index (χ0v) is 14.7. The minimum absolute atomic E-state index is 0.290. The normalized spacial score (nSPS) is 10.5. The molecule has 0 aliphatic heterocycles. The van der Waals surface area contributed by atoms with Crippen LogP contribution in [0.4, 0.5) is 10.2 Å². The second kappa shape index (κ2) is 7.31. The van der Waals surface area contributed by atoms with E-state index in [0.717, 1.165) is 16.7 Å². The smallest absolute Gasteiger partial charge is 0.203 e. The van der Waals surface area contributed by atoms with E-state index in [0.29, 0.717) is 28.6 Å². The van der Waals surface area contributed by atoms with Crippen molar-refractivity contribution in [3.63, 3.8) is 0 Å². The summed E-state index contributed by atoms with van der Waals surface area (Å²) in [4.78, 5) is 4.28. The molecule has 0 aliphatic rings. The minimum atomic E-state index is -0.290. The Morgan fingerprint density at radius 2 is 1.42 bits per heavy atom. The standard InChI is InChI=1S/C20H19FN2O3/c1-24-17-9-13(10-18(25-2)19(17)26-3)16-8-14(11-23-20(16)22)12-4-6-15(21)7-5-12/h4-11H,1-3H3,(H2,22,23). The van der Waals surface area contributed by atoms with Crippen LogP contribution < -0.4 is 19.9 Å². The quantitative estimate of drug-likeness (QED) is 0.745. The van der Waals surface area contributed by atoms with Crippen LogP contribution in [0.2, 0.25) is 0 Å². The zero-order chi connectivity index (χ0) is 18.7. The summed E-state index contributed by atoms with van der Waals surface area (Å²) in [6, 6.07) is 11.7. The number of nitrogens with zero attached hydrogens (tertiary/aromatic N) is 1. The van der Waals surface area contributed by atoms with Crippen LogP contribution in [0.5, 0.6) is 17.2 Å². The molecule has 3 rings (SSSR count). The molecule has 2 N–H and O–H groups in total. The second-order valence-electron chi connectivity index (χ2n) is 5.58. The maximum absolute atomic E-state index is 13.2. The Balaban J connectivity index is 2.14. The molecule has 0 radical (unpaired) electrons. The molecule has 0 bridgehead atoms. The SMILES string of the molecule is COc1cc(-c2cc(-c3ccc(F)cc3)cnc2N)cc(OC)c1OC. The Kier molecular flexibility index (Phi) is 4.93. The number of ether oxygens (including phenoxy) is 3. The van der Waals surface area contributed by atoms with Gasteiger partial charge in [0.25, 0.3) is 0 Å². The molecule has 0 aliphatic carbocycles. The van der Waals surface area contributed by atoms with Crippen LogP contribution in [0.1, 0.15) is 0 Å². The molecule has 0 saturated carbocycles. The molecule has 6 heteroatoms. The third kappa shape index (κ3) is 3.26. The van der Waals surface area contributed by atoms with Crippen molar-refractivity contribution in [3.05, 3.63) is 54.5 Å². The van der Waals surface area contributed by atoms with Gasteiger partial charge in [-0.05, 0) is 41.5 Å². The van der Waals surface area contributed by atoms with Crippen LogP contribution in [0.25, 0.3) is 22.3 Å². The molecule has 0 fully saturated rings. The molecule has 0 atom stereocenters. The fraction of sp³-hybridized carbons (Fsp3) is 0.150. The van der Waals surface area contributed by atoms with E-state index in [1.165, 1.54) is 12.1 Å². The van der Waals surface area contributed by atoms with Gasteiger partial charge in [-0.2, -0.15) is 0 Å². The zero-order valence-electron chi connectivity index (χ0n) is 14.7. The highest BCUT2D eigenvalue weighted by molar-refractivity contribution is 5.81. The van der Waals surface area contributed by atoms with Crippen LogP contribution in [0, 0.1) is 5.82 Å². The number of methoxy groups -OCH3 is 3. The number of anilines is 1.